The zero-order chi connectivity index (χ0) is 16.7. The van der Waals surface area contributed by atoms with Gasteiger partial charge in [-0.2, -0.15) is 5.10 Å². The number of aromatic nitrogens is 2. The van der Waals surface area contributed by atoms with Crippen LogP contribution in [0.5, 0.6) is 0 Å². The van der Waals surface area contributed by atoms with Crippen LogP contribution in [0.25, 0.3) is 0 Å². The highest BCUT2D eigenvalue weighted by atomic mass is 127. The molecule has 1 aromatic rings. The van der Waals surface area contributed by atoms with Gasteiger partial charge in [0, 0.05) is 58.1 Å². The van der Waals surface area contributed by atoms with Gasteiger partial charge in [0.2, 0.25) is 5.91 Å². The highest BCUT2D eigenvalue weighted by molar-refractivity contribution is 14.0. The average Bonchev–Trinajstić information content (AvgIpc) is 3.22. The van der Waals surface area contributed by atoms with Gasteiger partial charge in [-0.3, -0.25) is 14.5 Å². The largest absolute Gasteiger partial charge is 0.356 e. The topological polar surface area (TPSA) is 74.6 Å². The van der Waals surface area contributed by atoms with Crippen molar-refractivity contribution in [3.05, 3.63) is 18.5 Å². The fraction of sp³-hybridized carbons (Fsp3) is 0.688. The van der Waals surface area contributed by atoms with Crippen LogP contribution >= 0.6 is 24.0 Å². The molecule has 2 N–H and O–H groups in total. The van der Waals surface area contributed by atoms with Crippen molar-refractivity contribution in [1.29, 1.82) is 0 Å². The van der Waals surface area contributed by atoms with Gasteiger partial charge in [-0.15, -0.1) is 24.0 Å². The summed E-state index contributed by atoms with van der Waals surface area (Å²) < 4.78 is 1.94. The Morgan fingerprint density at radius 3 is 2.92 bits per heavy atom. The molecular weight excluding hydrogens is 419 g/mol. The van der Waals surface area contributed by atoms with Crippen LogP contribution in [0, 0.1) is 5.92 Å². The fourth-order valence-corrected chi connectivity index (χ4v) is 2.78. The van der Waals surface area contributed by atoms with Gasteiger partial charge < -0.3 is 15.5 Å². The third kappa shape index (κ3) is 6.29. The number of nitrogens with one attached hydrogen (secondary N) is 2. The van der Waals surface area contributed by atoms with Crippen molar-refractivity contribution in [3.8, 4) is 0 Å². The SMILES string of the molecule is CCC(=O)N1CCC(NC(=NC)NCC(C)Cn2cccn2)C1.I. The molecule has 136 valence electrons. The Morgan fingerprint density at radius 2 is 2.29 bits per heavy atom. The molecule has 1 amide bonds. The molecule has 24 heavy (non-hydrogen) atoms. The van der Waals surface area contributed by atoms with E-state index < -0.39 is 0 Å². The zero-order valence-corrected chi connectivity index (χ0v) is 17.1. The fourth-order valence-electron chi connectivity index (χ4n) is 2.78. The van der Waals surface area contributed by atoms with Gasteiger partial charge in [0.25, 0.3) is 0 Å². The Hall–Kier alpha value is -1.32. The predicted molar refractivity (Wildman–Crippen MR) is 107 cm³/mol. The average molecular weight is 448 g/mol. The molecule has 2 atom stereocenters. The van der Waals surface area contributed by atoms with Gasteiger partial charge in [0.15, 0.2) is 5.96 Å². The first-order valence-corrected chi connectivity index (χ1v) is 8.34. The first-order chi connectivity index (χ1) is 11.1. The summed E-state index contributed by atoms with van der Waals surface area (Å²) in [4.78, 5) is 17.9. The van der Waals surface area contributed by atoms with E-state index in [2.05, 4.69) is 27.6 Å². The molecule has 0 radical (unpaired) electrons. The lowest BCUT2D eigenvalue weighted by Crippen LogP contribution is -2.46. The molecule has 0 saturated carbocycles. The Bertz CT molecular complexity index is 519. The second-order valence-electron chi connectivity index (χ2n) is 6.11. The maximum absolute atomic E-state index is 11.7. The lowest BCUT2D eigenvalue weighted by molar-refractivity contribution is -0.129. The van der Waals surface area contributed by atoms with Crippen LogP contribution in [-0.2, 0) is 11.3 Å². The van der Waals surface area contributed by atoms with E-state index in [1.807, 2.05) is 28.8 Å². The maximum Gasteiger partial charge on any atom is 0.222 e. The van der Waals surface area contributed by atoms with Crippen molar-refractivity contribution >= 4 is 35.8 Å². The van der Waals surface area contributed by atoms with Crippen LogP contribution in [0.15, 0.2) is 23.5 Å². The van der Waals surface area contributed by atoms with Crippen LogP contribution in [0.2, 0.25) is 0 Å². The molecule has 0 bridgehead atoms. The second-order valence-corrected chi connectivity index (χ2v) is 6.11. The minimum atomic E-state index is 0. The van der Waals surface area contributed by atoms with Crippen molar-refractivity contribution < 1.29 is 4.79 Å². The number of carbonyl (C=O) groups is 1. The monoisotopic (exact) mass is 448 g/mol. The standard InChI is InChI=1S/C16H28N6O.HI/c1-4-15(23)21-9-6-14(12-21)20-16(17-3)18-10-13(2)11-22-8-5-7-19-22;/h5,7-8,13-14H,4,6,9-12H2,1-3H3,(H2,17,18,20);1H. The van der Waals surface area contributed by atoms with E-state index in [0.717, 1.165) is 38.6 Å². The summed E-state index contributed by atoms with van der Waals surface area (Å²) in [7, 11) is 1.78. The molecular formula is C16H29IN6O. The van der Waals surface area contributed by atoms with E-state index in [9.17, 15) is 4.79 Å². The molecule has 7 nitrogen and oxygen atoms in total. The van der Waals surface area contributed by atoms with E-state index in [4.69, 9.17) is 0 Å². The summed E-state index contributed by atoms with van der Waals surface area (Å²) in [5.74, 6) is 1.47. The number of amides is 1. The van der Waals surface area contributed by atoms with Crippen molar-refractivity contribution in [3.63, 3.8) is 0 Å². The highest BCUT2D eigenvalue weighted by Gasteiger charge is 2.25. The van der Waals surface area contributed by atoms with E-state index >= 15 is 0 Å². The van der Waals surface area contributed by atoms with Gasteiger partial charge in [-0.1, -0.05) is 13.8 Å². The number of hydrogen-bond acceptors (Lipinski definition) is 3. The number of carbonyl (C=O) groups excluding carboxylic acids is 1. The number of aliphatic imine (C=N–C) groups is 1. The Balaban J connectivity index is 0.00000288. The maximum atomic E-state index is 11.7. The molecule has 1 aliphatic heterocycles. The minimum Gasteiger partial charge on any atom is -0.356 e. The van der Waals surface area contributed by atoms with E-state index in [1.165, 1.54) is 0 Å². The summed E-state index contributed by atoms with van der Waals surface area (Å²) in [5, 5.41) is 11.0. The van der Waals surface area contributed by atoms with Gasteiger partial charge in [0.05, 0.1) is 0 Å². The molecule has 1 saturated heterocycles. The number of hydrogen-bond donors (Lipinski definition) is 2. The molecule has 0 aromatic carbocycles. The normalized spacial score (nSPS) is 18.9. The number of likely N-dealkylation sites (tertiary alicyclic amines) is 1. The van der Waals surface area contributed by atoms with Gasteiger partial charge in [-0.05, 0) is 18.4 Å². The van der Waals surface area contributed by atoms with Crippen molar-refractivity contribution in [1.82, 2.24) is 25.3 Å². The molecule has 1 aromatic heterocycles. The number of guanidine groups is 1. The summed E-state index contributed by atoms with van der Waals surface area (Å²) in [5.41, 5.74) is 0. The summed E-state index contributed by atoms with van der Waals surface area (Å²) in [6.45, 7) is 7.38. The molecule has 2 rings (SSSR count). The molecule has 2 heterocycles. The van der Waals surface area contributed by atoms with Gasteiger partial charge in [0.1, 0.15) is 0 Å². The van der Waals surface area contributed by atoms with Crippen molar-refractivity contribution in [2.75, 3.05) is 26.7 Å². The lowest BCUT2D eigenvalue weighted by Gasteiger charge is -2.20. The molecule has 8 heteroatoms. The molecule has 1 aliphatic rings. The lowest BCUT2D eigenvalue weighted by atomic mass is 10.2. The van der Waals surface area contributed by atoms with E-state index in [1.54, 1.807) is 13.2 Å². The summed E-state index contributed by atoms with van der Waals surface area (Å²) in [6, 6.07) is 2.21. The summed E-state index contributed by atoms with van der Waals surface area (Å²) >= 11 is 0. The number of rotatable bonds is 6. The predicted octanol–water partition coefficient (Wildman–Crippen LogP) is 1.31. The third-order valence-electron chi connectivity index (χ3n) is 4.08. The molecule has 2 unspecified atom stereocenters. The van der Waals surface area contributed by atoms with Crippen molar-refractivity contribution in [2.24, 2.45) is 10.9 Å². The first-order valence-electron chi connectivity index (χ1n) is 8.34. The summed E-state index contributed by atoms with van der Waals surface area (Å²) in [6.07, 6.45) is 5.31. The molecule has 1 fully saturated rings. The van der Waals surface area contributed by atoms with Crippen LogP contribution in [-0.4, -0.2) is 59.3 Å². The number of nitrogens with zero attached hydrogens (tertiary/aromatic N) is 4. The van der Waals surface area contributed by atoms with Gasteiger partial charge in [-0.25, -0.2) is 0 Å². The quantitative estimate of drug-likeness (QED) is 0.391. The highest BCUT2D eigenvalue weighted by Crippen LogP contribution is 2.10. The first kappa shape index (κ1) is 20.7. The Kier molecular flexibility index (Phi) is 9.09. The van der Waals surface area contributed by atoms with Crippen LogP contribution < -0.4 is 10.6 Å². The van der Waals surface area contributed by atoms with Crippen LogP contribution in [0.1, 0.15) is 26.7 Å². The molecule has 0 spiro atoms. The third-order valence-corrected chi connectivity index (χ3v) is 4.08. The van der Waals surface area contributed by atoms with Gasteiger partial charge >= 0.3 is 0 Å². The molecule has 0 aliphatic carbocycles. The van der Waals surface area contributed by atoms with Crippen LogP contribution in [0.4, 0.5) is 0 Å². The Morgan fingerprint density at radius 1 is 1.50 bits per heavy atom. The zero-order valence-electron chi connectivity index (χ0n) is 14.7. The second kappa shape index (κ2) is 10.5. The van der Waals surface area contributed by atoms with E-state index in [-0.39, 0.29) is 35.9 Å². The Labute approximate surface area is 161 Å². The smallest absolute Gasteiger partial charge is 0.222 e. The minimum absolute atomic E-state index is 0. The van der Waals surface area contributed by atoms with Crippen molar-refractivity contribution in [2.45, 2.75) is 39.3 Å². The number of halogens is 1. The van der Waals surface area contributed by atoms with Crippen LogP contribution in [0.3, 0.4) is 0 Å². The van der Waals surface area contributed by atoms with E-state index in [0.29, 0.717) is 12.3 Å².